The maximum Gasteiger partial charge on any atom is 0.170 e. The number of fused-ring (bicyclic) bond motifs is 7. The lowest BCUT2D eigenvalue weighted by atomic mass is 9.79. The van der Waals surface area contributed by atoms with Gasteiger partial charge in [-0.05, 0) is 92.3 Å². The van der Waals surface area contributed by atoms with Crippen LogP contribution in [-0.2, 0) is 10.8 Å². The Balaban J connectivity index is 0.925. The number of aliphatic imine (C=N–C) groups is 2. The largest absolute Gasteiger partial charge is 0.324 e. The van der Waals surface area contributed by atoms with Gasteiger partial charge in [0, 0.05) is 49.0 Å². The fourth-order valence-corrected chi connectivity index (χ4v) is 13.0. The highest BCUT2D eigenvalue weighted by molar-refractivity contribution is 8.04. The predicted octanol–water partition coefficient (Wildman–Crippen LogP) is 11.8. The molecule has 1 fully saturated rings. The van der Waals surface area contributed by atoms with Crippen molar-refractivity contribution in [1.82, 2.24) is 5.32 Å². The molecule has 5 aliphatic carbocycles. The van der Waals surface area contributed by atoms with E-state index in [9.17, 15) is 0 Å². The fourth-order valence-electron chi connectivity index (χ4n) is 11.0. The molecule has 3 nitrogen and oxygen atoms in total. The summed E-state index contributed by atoms with van der Waals surface area (Å²) in [7, 11) is 0. The number of hydrogen-bond donors (Lipinski definition) is 1. The van der Waals surface area contributed by atoms with Gasteiger partial charge in [0.2, 0.25) is 0 Å². The Labute approximate surface area is 333 Å². The van der Waals surface area contributed by atoms with Crippen molar-refractivity contribution in [3.8, 4) is 22.3 Å². The molecule has 5 aromatic carbocycles. The van der Waals surface area contributed by atoms with Crippen LogP contribution in [0.4, 0.5) is 0 Å². The van der Waals surface area contributed by atoms with Gasteiger partial charge < -0.3 is 5.32 Å². The molecule has 7 aliphatic rings. The zero-order valence-corrected chi connectivity index (χ0v) is 33.0. The van der Waals surface area contributed by atoms with Crippen molar-refractivity contribution in [2.24, 2.45) is 21.3 Å². The number of nitrogens with zero attached hydrogens (tertiary/aromatic N) is 2. The zero-order valence-electron chi connectivity index (χ0n) is 32.2. The molecule has 3 atom stereocenters. The number of rotatable bonds is 4. The van der Waals surface area contributed by atoms with Crippen LogP contribution in [0.15, 0.2) is 166 Å². The van der Waals surface area contributed by atoms with E-state index in [1.165, 1.54) is 66.1 Å². The zero-order chi connectivity index (χ0) is 37.6. The molecule has 3 unspecified atom stereocenters. The lowest BCUT2D eigenvalue weighted by Crippen LogP contribution is -2.38. The van der Waals surface area contributed by atoms with Crippen LogP contribution in [-0.4, -0.2) is 23.1 Å². The van der Waals surface area contributed by atoms with Crippen LogP contribution in [0, 0.1) is 11.3 Å². The third kappa shape index (κ3) is 4.37. The molecule has 2 aliphatic heterocycles. The summed E-state index contributed by atoms with van der Waals surface area (Å²) in [6.45, 7) is 9.61. The van der Waals surface area contributed by atoms with Crippen LogP contribution < -0.4 is 5.32 Å². The van der Waals surface area contributed by atoms with E-state index in [1.54, 1.807) is 5.57 Å². The highest BCUT2D eigenvalue weighted by atomic mass is 32.2. The van der Waals surface area contributed by atoms with Crippen LogP contribution in [0.5, 0.6) is 0 Å². The Morgan fingerprint density at radius 1 is 0.625 bits per heavy atom. The number of allylic oxidation sites excluding steroid dienone is 6. The van der Waals surface area contributed by atoms with E-state index >= 15 is 0 Å². The van der Waals surface area contributed by atoms with E-state index in [1.807, 2.05) is 0 Å². The highest BCUT2D eigenvalue weighted by Gasteiger charge is 2.69. The van der Waals surface area contributed by atoms with E-state index < -0.39 is 0 Å². The van der Waals surface area contributed by atoms with Crippen molar-refractivity contribution in [1.29, 1.82) is 0 Å². The molecule has 4 heteroatoms. The number of nitrogens with one attached hydrogen (secondary N) is 1. The SMILES string of the molecule is CC1(C)c2ccccc2-c2cc3c(cc21)-c1cc(C2=CC45C6=C(SC4C5C=C2)C(C2N=C(c4ccccc4)NC(c4ccccc4)=N2)=CCC6)ccc1C3(C)C. The van der Waals surface area contributed by atoms with Crippen LogP contribution in [0.25, 0.3) is 27.8 Å². The molecular weight excluding hydrogens is 699 g/mol. The summed E-state index contributed by atoms with van der Waals surface area (Å²) in [6, 6.07) is 42.4. The molecule has 0 aromatic heterocycles. The van der Waals surface area contributed by atoms with Crippen LogP contribution in [0.2, 0.25) is 0 Å². The molecule has 5 aromatic rings. The van der Waals surface area contributed by atoms with Gasteiger partial charge in [-0.1, -0.05) is 149 Å². The molecule has 1 saturated carbocycles. The first-order valence-electron chi connectivity index (χ1n) is 20.2. The third-order valence-corrected chi connectivity index (χ3v) is 15.7. The number of benzene rings is 5. The molecule has 0 amide bonds. The second-order valence-electron chi connectivity index (χ2n) is 17.6. The molecule has 1 spiro atoms. The fraction of sp³-hybridized carbons (Fsp3) is 0.231. The van der Waals surface area contributed by atoms with E-state index in [4.69, 9.17) is 9.98 Å². The minimum absolute atomic E-state index is 0.0227. The Morgan fingerprint density at radius 3 is 1.93 bits per heavy atom. The Bertz CT molecular complexity index is 2700. The van der Waals surface area contributed by atoms with Crippen LogP contribution >= 0.6 is 11.8 Å². The summed E-state index contributed by atoms with van der Waals surface area (Å²) in [5.74, 6) is 2.31. The Morgan fingerprint density at radius 2 is 1.23 bits per heavy atom. The van der Waals surface area contributed by atoms with Gasteiger partial charge in [-0.25, -0.2) is 9.98 Å². The van der Waals surface area contributed by atoms with E-state index in [0.29, 0.717) is 11.2 Å². The molecule has 0 bridgehead atoms. The summed E-state index contributed by atoms with van der Waals surface area (Å²) in [5.41, 5.74) is 19.1. The summed E-state index contributed by atoms with van der Waals surface area (Å²) < 4.78 is 0. The van der Waals surface area contributed by atoms with Gasteiger partial charge >= 0.3 is 0 Å². The van der Waals surface area contributed by atoms with E-state index in [2.05, 4.69) is 184 Å². The normalized spacial score (nSPS) is 25.3. The summed E-state index contributed by atoms with van der Waals surface area (Å²) >= 11 is 2.09. The maximum absolute atomic E-state index is 5.29. The van der Waals surface area contributed by atoms with Crippen molar-refractivity contribution in [2.75, 3.05) is 0 Å². The molecule has 0 radical (unpaired) electrons. The molecule has 0 saturated heterocycles. The lowest BCUT2D eigenvalue weighted by molar-refractivity contribution is 0.652. The van der Waals surface area contributed by atoms with Crippen LogP contribution in [0.3, 0.4) is 0 Å². The first kappa shape index (κ1) is 32.8. The highest BCUT2D eigenvalue weighted by Crippen LogP contribution is 2.76. The second kappa shape index (κ2) is 11.3. The van der Waals surface area contributed by atoms with Gasteiger partial charge in [0.05, 0.1) is 0 Å². The smallest absolute Gasteiger partial charge is 0.170 e. The Kier molecular flexibility index (Phi) is 6.63. The van der Waals surface area contributed by atoms with E-state index in [-0.39, 0.29) is 22.4 Å². The molecule has 56 heavy (non-hydrogen) atoms. The molecule has 12 rings (SSSR count). The van der Waals surface area contributed by atoms with Gasteiger partial charge in [0.1, 0.15) is 11.7 Å². The monoisotopic (exact) mass is 741 g/mol. The topological polar surface area (TPSA) is 36.8 Å². The van der Waals surface area contributed by atoms with Crippen molar-refractivity contribution < 1.29 is 0 Å². The third-order valence-electron chi connectivity index (χ3n) is 14.0. The van der Waals surface area contributed by atoms with Crippen LogP contribution in [0.1, 0.15) is 79.5 Å². The van der Waals surface area contributed by atoms with Gasteiger partial charge in [-0.2, -0.15) is 0 Å². The predicted molar refractivity (Wildman–Crippen MR) is 233 cm³/mol. The summed E-state index contributed by atoms with van der Waals surface area (Å²) in [5, 5.41) is 4.11. The van der Waals surface area contributed by atoms with Crippen molar-refractivity contribution in [2.45, 2.75) is 62.8 Å². The maximum atomic E-state index is 5.29. The van der Waals surface area contributed by atoms with E-state index in [0.717, 1.165) is 35.6 Å². The average molecular weight is 742 g/mol. The first-order valence-corrected chi connectivity index (χ1v) is 21.1. The standard InChI is InChI=1S/C52H43N3S/c1-50(2)39-20-12-11-18-34(39)37-27-44-38(28-43(37)50)36-26-32(22-24-40(36)51(44,3)4)33-23-25-42-46-52(42,29-33)41-21-13-19-35(45(41)56-46)49-54-47(30-14-7-5-8-15-30)53-48(55-49)31-16-9-6-10-17-31/h5-12,14-20,22-29,42,46,49H,13,21H2,1-4H3,(H,53,54,55). The van der Waals surface area contributed by atoms with Crippen molar-refractivity contribution in [3.05, 3.63) is 195 Å². The number of hydrogen-bond acceptors (Lipinski definition) is 4. The number of amidine groups is 2. The lowest BCUT2D eigenvalue weighted by Gasteiger charge is -2.29. The van der Waals surface area contributed by atoms with Gasteiger partial charge in [0.25, 0.3) is 0 Å². The quantitative estimate of drug-likeness (QED) is 0.199. The minimum Gasteiger partial charge on any atom is -0.324 e. The van der Waals surface area contributed by atoms with Crippen molar-refractivity contribution in [3.63, 3.8) is 0 Å². The minimum atomic E-state index is -0.284. The molecular formula is C52H43N3S. The van der Waals surface area contributed by atoms with Crippen molar-refractivity contribution >= 4 is 29.0 Å². The van der Waals surface area contributed by atoms with Gasteiger partial charge in [0.15, 0.2) is 6.17 Å². The average Bonchev–Trinajstić information content (AvgIpc) is 3.55. The summed E-state index contributed by atoms with van der Waals surface area (Å²) in [6.07, 6.45) is 11.9. The first-order chi connectivity index (χ1) is 27.2. The number of thioether (sulfide) groups is 1. The van der Waals surface area contributed by atoms with Gasteiger partial charge in [-0.3, -0.25) is 0 Å². The molecule has 272 valence electrons. The molecule has 2 heterocycles. The Hall–Kier alpha value is -5.45. The second-order valence-corrected chi connectivity index (χ2v) is 18.8. The summed E-state index contributed by atoms with van der Waals surface area (Å²) in [4.78, 5) is 12.0. The molecule has 1 N–H and O–H groups in total. The van der Waals surface area contributed by atoms with Gasteiger partial charge in [-0.15, -0.1) is 11.8 Å².